The Morgan fingerprint density at radius 3 is 0.700 bits per heavy atom. The van der Waals surface area contributed by atoms with Crippen LogP contribution in [-0.4, -0.2) is 68.2 Å². The number of para-hydroxylation sites is 2. The minimum Gasteiger partial charge on any atom is -0.744 e. The molecular weight excluding hydrogens is 738 g/mol. The summed E-state index contributed by atoms with van der Waals surface area (Å²) in [5.74, 6) is -25.7. The van der Waals surface area contributed by atoms with Crippen LogP contribution >= 0.6 is 0 Å². The van der Waals surface area contributed by atoms with E-state index in [9.17, 15) is 69.8 Å². The standard InChI is InChI=1S/2C9H14N.2C6HF5O3S/c2*1-10(2,3)9-7-5-4-6-8-9;2*7-1-2(8)4(10)6(15(12,13)14)5(11)3(1)9/h2*4-8H,1-3H3;2*(H,12,13,14)/q2*+1;;/p-2. The number of benzene rings is 4. The first-order valence-electron chi connectivity index (χ1n) is 13.2. The lowest BCUT2D eigenvalue weighted by Gasteiger charge is -2.22. The predicted octanol–water partition coefficient (Wildman–Crippen LogP) is 6.34. The van der Waals surface area contributed by atoms with Gasteiger partial charge in [-0.05, 0) is 24.3 Å². The van der Waals surface area contributed by atoms with Crippen molar-refractivity contribution in [2.75, 3.05) is 42.3 Å². The Kier molecular flexibility index (Phi) is 14.7. The highest BCUT2D eigenvalue weighted by Gasteiger charge is 2.30. The van der Waals surface area contributed by atoms with Crippen molar-refractivity contribution in [2.45, 2.75) is 9.79 Å². The molecule has 0 saturated heterocycles. The van der Waals surface area contributed by atoms with E-state index in [1.807, 2.05) is 12.1 Å². The van der Waals surface area contributed by atoms with Crippen LogP contribution < -0.4 is 8.97 Å². The van der Waals surface area contributed by atoms with E-state index >= 15 is 0 Å². The molecule has 0 aromatic heterocycles. The Morgan fingerprint density at radius 2 is 0.560 bits per heavy atom. The van der Waals surface area contributed by atoms with Crippen LogP contribution in [0.4, 0.5) is 55.3 Å². The van der Waals surface area contributed by atoms with Crippen LogP contribution in [0.1, 0.15) is 0 Å². The second-order valence-electron chi connectivity index (χ2n) is 11.4. The zero-order valence-corrected chi connectivity index (χ0v) is 28.3. The number of rotatable bonds is 4. The molecule has 0 bridgehead atoms. The molecule has 20 heteroatoms. The molecule has 0 unspecified atom stereocenters. The lowest BCUT2D eigenvalue weighted by molar-refractivity contribution is 0.350. The van der Waals surface area contributed by atoms with Gasteiger partial charge in [0.05, 0.1) is 42.3 Å². The number of quaternary nitrogens is 2. The van der Waals surface area contributed by atoms with Gasteiger partial charge in [-0.2, -0.15) is 0 Å². The molecular formula is C30H28F10N2O6S2. The maximum absolute atomic E-state index is 12.6. The van der Waals surface area contributed by atoms with E-state index in [2.05, 4.69) is 90.8 Å². The van der Waals surface area contributed by atoms with Gasteiger partial charge in [-0.3, -0.25) is 8.97 Å². The van der Waals surface area contributed by atoms with Crippen molar-refractivity contribution in [3.05, 3.63) is 119 Å². The molecule has 0 fully saturated rings. The summed E-state index contributed by atoms with van der Waals surface area (Å²) in [5, 5.41) is 0. The fraction of sp³-hybridized carbons (Fsp3) is 0.200. The van der Waals surface area contributed by atoms with Crippen molar-refractivity contribution < 1.29 is 69.8 Å². The molecule has 0 atom stereocenters. The van der Waals surface area contributed by atoms with Crippen LogP contribution in [0.25, 0.3) is 0 Å². The largest absolute Gasteiger partial charge is 0.744 e. The van der Waals surface area contributed by atoms with E-state index in [0.29, 0.717) is 0 Å². The summed E-state index contributed by atoms with van der Waals surface area (Å²) >= 11 is 0. The molecule has 4 aromatic rings. The third-order valence-electron chi connectivity index (χ3n) is 5.90. The Bertz CT molecular complexity index is 1820. The maximum Gasteiger partial charge on any atom is 0.200 e. The first-order chi connectivity index (χ1) is 22.6. The lowest BCUT2D eigenvalue weighted by Crippen LogP contribution is -2.34. The van der Waals surface area contributed by atoms with Crippen molar-refractivity contribution in [1.29, 1.82) is 0 Å². The molecule has 0 saturated carbocycles. The molecule has 4 aromatic carbocycles. The number of nitrogens with zero attached hydrogens (tertiary/aromatic N) is 2. The van der Waals surface area contributed by atoms with Crippen molar-refractivity contribution in [2.24, 2.45) is 0 Å². The molecule has 4 rings (SSSR count). The smallest absolute Gasteiger partial charge is 0.200 e. The number of halogens is 10. The van der Waals surface area contributed by atoms with Gasteiger partial charge in [0, 0.05) is 0 Å². The van der Waals surface area contributed by atoms with Gasteiger partial charge in [-0.25, -0.2) is 60.7 Å². The van der Waals surface area contributed by atoms with Gasteiger partial charge < -0.3 is 9.11 Å². The highest BCUT2D eigenvalue weighted by Crippen LogP contribution is 2.27. The quantitative estimate of drug-likeness (QED) is 0.0788. The summed E-state index contributed by atoms with van der Waals surface area (Å²) < 4.78 is 188. The predicted molar refractivity (Wildman–Crippen MR) is 160 cm³/mol. The van der Waals surface area contributed by atoms with E-state index in [0.717, 1.165) is 8.97 Å². The number of hydrogen-bond acceptors (Lipinski definition) is 6. The fourth-order valence-corrected chi connectivity index (χ4v) is 4.60. The summed E-state index contributed by atoms with van der Waals surface area (Å²) in [6, 6.07) is 20.9. The highest BCUT2D eigenvalue weighted by molar-refractivity contribution is 7.86. The van der Waals surface area contributed by atoms with Crippen LogP contribution in [-0.2, 0) is 20.2 Å². The summed E-state index contributed by atoms with van der Waals surface area (Å²) in [5.41, 5.74) is 2.67. The van der Waals surface area contributed by atoms with Gasteiger partial charge in [0.1, 0.15) is 41.4 Å². The fourth-order valence-electron chi connectivity index (χ4n) is 3.36. The molecule has 0 aliphatic rings. The molecule has 0 amide bonds. The zero-order valence-electron chi connectivity index (χ0n) is 26.7. The summed E-state index contributed by atoms with van der Waals surface area (Å²) in [6.45, 7) is 0. The molecule has 8 nitrogen and oxygen atoms in total. The van der Waals surface area contributed by atoms with E-state index in [-0.39, 0.29) is 0 Å². The Hall–Kier alpha value is -4.08. The summed E-state index contributed by atoms with van der Waals surface area (Å²) in [4.78, 5) is -4.75. The van der Waals surface area contributed by atoms with Crippen molar-refractivity contribution in [3.8, 4) is 0 Å². The Labute approximate surface area is 281 Å². The lowest BCUT2D eigenvalue weighted by atomic mass is 10.3. The van der Waals surface area contributed by atoms with Gasteiger partial charge in [-0.15, -0.1) is 0 Å². The molecule has 0 spiro atoms. The van der Waals surface area contributed by atoms with E-state index in [4.69, 9.17) is 0 Å². The molecule has 50 heavy (non-hydrogen) atoms. The third kappa shape index (κ3) is 11.5. The second-order valence-corrected chi connectivity index (χ2v) is 14.0. The van der Waals surface area contributed by atoms with Crippen LogP contribution in [0.5, 0.6) is 0 Å². The monoisotopic (exact) mass is 766 g/mol. The average molecular weight is 767 g/mol. The van der Waals surface area contributed by atoms with Crippen LogP contribution in [0.15, 0.2) is 70.5 Å². The van der Waals surface area contributed by atoms with Crippen molar-refractivity contribution in [1.82, 2.24) is 8.97 Å². The van der Waals surface area contributed by atoms with Crippen LogP contribution in [0.3, 0.4) is 0 Å². The summed E-state index contributed by atoms with van der Waals surface area (Å²) in [7, 11) is 1.43. The summed E-state index contributed by atoms with van der Waals surface area (Å²) in [6.07, 6.45) is 0. The van der Waals surface area contributed by atoms with Crippen molar-refractivity contribution >= 4 is 31.6 Å². The molecule has 0 N–H and O–H groups in total. The molecule has 276 valence electrons. The average Bonchev–Trinajstić information content (AvgIpc) is 3.01. The normalized spacial score (nSPS) is 11.7. The molecule has 0 radical (unpaired) electrons. The van der Waals surface area contributed by atoms with Gasteiger partial charge in [0.2, 0.25) is 11.6 Å². The van der Waals surface area contributed by atoms with Gasteiger partial charge >= 0.3 is 0 Å². The third-order valence-corrected chi connectivity index (χ3v) is 7.62. The van der Waals surface area contributed by atoms with E-state index in [1.54, 1.807) is 0 Å². The zero-order chi connectivity index (χ0) is 39.2. The maximum atomic E-state index is 12.6. The SMILES string of the molecule is C[N+](C)(C)c1ccccc1.C[N+](C)(C)c1ccccc1.O=S(=O)([O-])c1c(F)c(F)c(F)c(F)c1F.O=S(=O)([O-])c1c(F)c(F)c(F)c(F)c1F. The highest BCUT2D eigenvalue weighted by atomic mass is 32.2. The molecule has 0 heterocycles. The topological polar surface area (TPSA) is 114 Å². The van der Waals surface area contributed by atoms with Gasteiger partial charge in [-0.1, -0.05) is 36.4 Å². The van der Waals surface area contributed by atoms with Gasteiger partial charge in [0.25, 0.3) is 0 Å². The first-order valence-corrected chi connectivity index (χ1v) is 16.1. The second kappa shape index (κ2) is 16.8. The Morgan fingerprint density at radius 1 is 0.380 bits per heavy atom. The van der Waals surface area contributed by atoms with E-state index < -0.39 is 88.2 Å². The van der Waals surface area contributed by atoms with E-state index in [1.165, 1.54) is 11.4 Å². The van der Waals surface area contributed by atoms with Crippen LogP contribution in [0.2, 0.25) is 0 Å². The minimum atomic E-state index is -5.77. The van der Waals surface area contributed by atoms with Crippen LogP contribution in [0, 0.1) is 58.2 Å². The molecule has 0 aliphatic heterocycles. The Balaban J connectivity index is 0.000000339. The molecule has 0 aliphatic carbocycles. The number of hydrogen-bond donors (Lipinski definition) is 0. The first kappa shape index (κ1) is 43.9. The minimum absolute atomic E-state index is 0.890. The van der Waals surface area contributed by atoms with Crippen molar-refractivity contribution in [3.63, 3.8) is 0 Å². The van der Waals surface area contributed by atoms with Gasteiger partial charge in [0.15, 0.2) is 46.5 Å².